The molecule has 7 heteroatoms. The van der Waals surface area contributed by atoms with Gasteiger partial charge < -0.3 is 9.30 Å². The number of fused-ring (bicyclic) bond motifs is 1. The van der Waals surface area contributed by atoms with E-state index in [9.17, 15) is 18.0 Å². The Labute approximate surface area is 192 Å². The lowest BCUT2D eigenvalue weighted by Gasteiger charge is -2.28. The number of carbonyl (C=O) groups excluding carboxylic acids is 1. The van der Waals surface area contributed by atoms with Crippen LogP contribution in [0.15, 0.2) is 42.5 Å². The van der Waals surface area contributed by atoms with Crippen molar-refractivity contribution in [1.29, 1.82) is 0 Å². The fourth-order valence-corrected chi connectivity index (χ4v) is 4.12. The minimum atomic E-state index is -4.43. The average molecular weight is 461 g/mol. The van der Waals surface area contributed by atoms with Gasteiger partial charge in [0.15, 0.2) is 0 Å². The largest absolute Gasteiger partial charge is 0.496 e. The summed E-state index contributed by atoms with van der Waals surface area (Å²) in [7, 11) is 1.24. The second-order valence-electron chi connectivity index (χ2n) is 8.56. The Morgan fingerprint density at radius 1 is 1.21 bits per heavy atom. The van der Waals surface area contributed by atoms with E-state index in [0.717, 1.165) is 31.2 Å². The first-order chi connectivity index (χ1) is 15.7. The van der Waals surface area contributed by atoms with E-state index in [1.807, 2.05) is 36.6 Å². The third-order valence-corrected chi connectivity index (χ3v) is 6.23. The number of benzene rings is 2. The van der Waals surface area contributed by atoms with Crippen LogP contribution in [0.2, 0.25) is 0 Å². The fraction of sp³-hybridized carbons (Fsp3) is 0.462. The Morgan fingerprint density at radius 2 is 1.88 bits per heavy atom. The van der Waals surface area contributed by atoms with Crippen LogP contribution in [0.4, 0.5) is 13.2 Å². The maximum atomic E-state index is 13.1. The van der Waals surface area contributed by atoms with Crippen molar-refractivity contribution in [3.63, 3.8) is 0 Å². The second kappa shape index (κ2) is 10.4. The number of rotatable bonds is 6. The molecule has 1 aliphatic carbocycles. The number of Topliss-reactive ketones (excluding diaryl/α,β-unsaturated/α-hetero) is 1. The summed E-state index contributed by atoms with van der Waals surface area (Å²) in [4.78, 5) is 15.6. The minimum absolute atomic E-state index is 0.178. The van der Waals surface area contributed by atoms with Gasteiger partial charge in [-0.25, -0.2) is 4.98 Å². The first kappa shape index (κ1) is 24.8. The van der Waals surface area contributed by atoms with E-state index < -0.39 is 11.7 Å². The predicted molar refractivity (Wildman–Crippen MR) is 124 cm³/mol. The molecule has 2 aromatic carbocycles. The molecule has 0 aliphatic heterocycles. The van der Waals surface area contributed by atoms with Crippen molar-refractivity contribution < 1.29 is 22.7 Å². The van der Waals surface area contributed by atoms with Crippen molar-refractivity contribution in [2.75, 3.05) is 7.11 Å². The second-order valence-corrected chi connectivity index (χ2v) is 8.56. The number of ketones is 1. The zero-order valence-corrected chi connectivity index (χ0v) is 19.6. The number of nitrogens with zero attached hydrogens (tertiary/aromatic N) is 2. The summed E-state index contributed by atoms with van der Waals surface area (Å²) in [6.45, 7) is 5.85. The SMILES string of the molecule is CCC(=O)CC(C)c1ccccc1.COc1cc2nc(C)n(C3CCC3)c2cc1C(F)(F)F. The van der Waals surface area contributed by atoms with Crippen molar-refractivity contribution in [2.24, 2.45) is 0 Å². The zero-order valence-electron chi connectivity index (χ0n) is 19.6. The van der Waals surface area contributed by atoms with E-state index in [1.165, 1.54) is 18.7 Å². The molecule has 0 saturated heterocycles. The Balaban J connectivity index is 0.000000205. The van der Waals surface area contributed by atoms with Gasteiger partial charge in [0.25, 0.3) is 0 Å². The third kappa shape index (κ3) is 5.75. The van der Waals surface area contributed by atoms with Gasteiger partial charge >= 0.3 is 6.18 Å². The van der Waals surface area contributed by atoms with Crippen LogP contribution in [0.1, 0.15) is 74.9 Å². The molecule has 0 spiro atoms. The number of aromatic nitrogens is 2. The summed E-state index contributed by atoms with van der Waals surface area (Å²) in [5.41, 5.74) is 1.61. The molecule has 4 rings (SSSR count). The Morgan fingerprint density at radius 3 is 2.39 bits per heavy atom. The number of imidazole rings is 1. The molecule has 1 fully saturated rings. The van der Waals surface area contributed by atoms with Gasteiger partial charge in [0.1, 0.15) is 17.4 Å². The maximum Gasteiger partial charge on any atom is 0.420 e. The highest BCUT2D eigenvalue weighted by Crippen LogP contribution is 2.41. The van der Waals surface area contributed by atoms with Crippen molar-refractivity contribution in [1.82, 2.24) is 9.55 Å². The van der Waals surface area contributed by atoms with Crippen LogP contribution in [0.5, 0.6) is 5.75 Å². The number of ether oxygens (including phenoxy) is 1. The third-order valence-electron chi connectivity index (χ3n) is 6.23. The van der Waals surface area contributed by atoms with E-state index in [1.54, 1.807) is 0 Å². The molecule has 4 nitrogen and oxygen atoms in total. The monoisotopic (exact) mass is 460 g/mol. The highest BCUT2D eigenvalue weighted by atomic mass is 19.4. The van der Waals surface area contributed by atoms with E-state index in [4.69, 9.17) is 4.74 Å². The molecule has 178 valence electrons. The number of hydrogen-bond donors (Lipinski definition) is 0. The number of carbonyl (C=O) groups is 1. The molecular weight excluding hydrogens is 429 g/mol. The molecule has 3 aromatic rings. The van der Waals surface area contributed by atoms with Crippen LogP contribution in [-0.2, 0) is 11.0 Å². The van der Waals surface area contributed by atoms with Crippen molar-refractivity contribution in [3.8, 4) is 5.75 Å². The molecule has 0 N–H and O–H groups in total. The number of aryl methyl sites for hydroxylation is 1. The summed E-state index contributed by atoms with van der Waals surface area (Å²) in [6.07, 6.45) is 0.00522. The summed E-state index contributed by atoms with van der Waals surface area (Å²) >= 11 is 0. The Bertz CT molecular complexity index is 1090. The lowest BCUT2D eigenvalue weighted by atomic mass is 9.92. The summed E-state index contributed by atoms with van der Waals surface area (Å²) in [5, 5.41) is 0. The van der Waals surface area contributed by atoms with Gasteiger partial charge in [-0.2, -0.15) is 13.2 Å². The van der Waals surface area contributed by atoms with Gasteiger partial charge in [-0.15, -0.1) is 0 Å². The fourth-order valence-electron chi connectivity index (χ4n) is 4.12. The molecule has 1 unspecified atom stereocenters. The van der Waals surface area contributed by atoms with Crippen molar-refractivity contribution in [2.45, 2.75) is 71.0 Å². The smallest absolute Gasteiger partial charge is 0.420 e. The van der Waals surface area contributed by atoms with Gasteiger partial charge in [-0.1, -0.05) is 44.2 Å². The van der Waals surface area contributed by atoms with Crippen molar-refractivity contribution >= 4 is 16.8 Å². The summed E-state index contributed by atoms with van der Waals surface area (Å²) in [5.74, 6) is 1.28. The normalized spacial score (nSPS) is 14.9. The molecule has 1 atom stereocenters. The molecular formula is C26H31F3N2O2. The van der Waals surface area contributed by atoms with Gasteiger partial charge in [0.05, 0.1) is 23.7 Å². The van der Waals surface area contributed by atoms with Gasteiger partial charge in [0, 0.05) is 24.9 Å². The van der Waals surface area contributed by atoms with Crippen LogP contribution in [0, 0.1) is 6.92 Å². The lowest BCUT2D eigenvalue weighted by molar-refractivity contribution is -0.138. The van der Waals surface area contributed by atoms with Crippen LogP contribution in [0.25, 0.3) is 11.0 Å². The van der Waals surface area contributed by atoms with Crippen molar-refractivity contribution in [3.05, 3.63) is 59.4 Å². The molecule has 1 heterocycles. The van der Waals surface area contributed by atoms with Crippen LogP contribution in [-0.4, -0.2) is 22.4 Å². The van der Waals surface area contributed by atoms with Gasteiger partial charge in [0.2, 0.25) is 0 Å². The quantitative estimate of drug-likeness (QED) is 0.389. The summed E-state index contributed by atoms with van der Waals surface area (Å²) < 4.78 is 46.1. The standard InChI is InChI=1S/C14H15F3N2O.C12H16O/c1-8-18-11-7-13(20-2)10(14(15,16)17)6-12(11)19(8)9-4-3-5-9;1-3-12(13)9-10(2)11-7-5-4-6-8-11/h6-7,9H,3-5H2,1-2H3;4-8,10H,3,9H2,1-2H3. The van der Waals surface area contributed by atoms with E-state index in [2.05, 4.69) is 24.0 Å². The first-order valence-corrected chi connectivity index (χ1v) is 11.4. The highest BCUT2D eigenvalue weighted by Gasteiger charge is 2.36. The number of methoxy groups -OCH3 is 1. The maximum absolute atomic E-state index is 13.1. The molecule has 1 aromatic heterocycles. The van der Waals surface area contributed by atoms with Gasteiger partial charge in [-0.05, 0) is 43.7 Å². The molecule has 0 radical (unpaired) electrons. The van der Waals surface area contributed by atoms with E-state index in [0.29, 0.717) is 35.6 Å². The van der Waals surface area contributed by atoms with Crippen LogP contribution >= 0.6 is 0 Å². The molecule has 1 aliphatic rings. The molecule has 33 heavy (non-hydrogen) atoms. The number of alkyl halides is 3. The minimum Gasteiger partial charge on any atom is -0.496 e. The van der Waals surface area contributed by atoms with Crippen LogP contribution in [0.3, 0.4) is 0 Å². The van der Waals surface area contributed by atoms with E-state index in [-0.39, 0.29) is 11.8 Å². The van der Waals surface area contributed by atoms with Gasteiger partial charge in [-0.3, -0.25) is 4.79 Å². The Kier molecular flexibility index (Phi) is 7.82. The molecule has 0 amide bonds. The average Bonchev–Trinajstić information content (AvgIpc) is 3.06. The zero-order chi connectivity index (χ0) is 24.2. The van der Waals surface area contributed by atoms with E-state index >= 15 is 0 Å². The predicted octanol–water partition coefficient (Wildman–Crippen LogP) is 7.26. The lowest BCUT2D eigenvalue weighted by Crippen LogP contribution is -2.18. The number of hydrogen-bond acceptors (Lipinski definition) is 3. The summed E-state index contributed by atoms with van der Waals surface area (Å²) in [6, 6.07) is 13.0. The Hall–Kier alpha value is -2.83. The first-order valence-electron chi connectivity index (χ1n) is 11.4. The number of halogens is 3. The van der Waals surface area contributed by atoms with Crippen LogP contribution < -0.4 is 4.74 Å². The molecule has 0 bridgehead atoms. The molecule has 1 saturated carbocycles. The highest BCUT2D eigenvalue weighted by molar-refractivity contribution is 5.80. The topological polar surface area (TPSA) is 44.1 Å².